The van der Waals surface area contributed by atoms with Gasteiger partial charge in [0.15, 0.2) is 0 Å². The zero-order valence-electron chi connectivity index (χ0n) is 14.7. The largest absolute Gasteiger partial charge is 0.379 e. The minimum atomic E-state index is -3.49. The smallest absolute Gasteiger partial charge is 0.243 e. The highest BCUT2D eigenvalue weighted by atomic mass is 35.5. The molecule has 1 fully saturated rings. The first-order chi connectivity index (χ1) is 12.9. The summed E-state index contributed by atoms with van der Waals surface area (Å²) in [7, 11) is -3.49. The molecule has 144 valence electrons. The number of anilines is 1. The van der Waals surface area contributed by atoms with Crippen LogP contribution in [-0.4, -0.2) is 44.9 Å². The standard InChI is InChI=1S/C19H21ClN2O4S/c20-16-4-6-17(7-5-16)21-19(23)10-3-15-1-8-18(9-2-15)27(24,25)22-11-13-26-14-12-22/h1-2,4-9H,3,10-14H2,(H,21,23). The van der Waals surface area contributed by atoms with Crippen LogP contribution in [0.25, 0.3) is 0 Å². The van der Waals surface area contributed by atoms with Gasteiger partial charge in [0, 0.05) is 30.2 Å². The lowest BCUT2D eigenvalue weighted by Crippen LogP contribution is -2.40. The Morgan fingerprint density at radius 3 is 2.30 bits per heavy atom. The number of hydrogen-bond donors (Lipinski definition) is 1. The van der Waals surface area contributed by atoms with Crippen molar-refractivity contribution < 1.29 is 17.9 Å². The summed E-state index contributed by atoms with van der Waals surface area (Å²) in [5.41, 5.74) is 1.60. The van der Waals surface area contributed by atoms with Crippen molar-refractivity contribution in [2.24, 2.45) is 0 Å². The third kappa shape index (κ3) is 5.29. The van der Waals surface area contributed by atoms with E-state index in [1.807, 2.05) is 0 Å². The van der Waals surface area contributed by atoms with E-state index in [9.17, 15) is 13.2 Å². The lowest BCUT2D eigenvalue weighted by atomic mass is 10.1. The van der Waals surface area contributed by atoms with Gasteiger partial charge in [-0.15, -0.1) is 0 Å². The van der Waals surface area contributed by atoms with Crippen LogP contribution in [0.5, 0.6) is 0 Å². The number of amides is 1. The number of hydrogen-bond acceptors (Lipinski definition) is 4. The highest BCUT2D eigenvalue weighted by Crippen LogP contribution is 2.18. The first kappa shape index (κ1) is 19.8. The van der Waals surface area contributed by atoms with Gasteiger partial charge in [0.05, 0.1) is 18.1 Å². The Balaban J connectivity index is 1.55. The molecule has 1 amide bonds. The van der Waals surface area contributed by atoms with Crippen molar-refractivity contribution in [3.8, 4) is 0 Å². The molecule has 3 rings (SSSR count). The van der Waals surface area contributed by atoms with E-state index in [0.29, 0.717) is 49.9 Å². The number of sulfonamides is 1. The Morgan fingerprint density at radius 1 is 1.04 bits per heavy atom. The molecule has 1 saturated heterocycles. The second-order valence-electron chi connectivity index (χ2n) is 6.22. The minimum Gasteiger partial charge on any atom is -0.379 e. The molecule has 2 aromatic carbocycles. The van der Waals surface area contributed by atoms with Gasteiger partial charge in [-0.25, -0.2) is 8.42 Å². The molecule has 1 heterocycles. The summed E-state index contributed by atoms with van der Waals surface area (Å²) in [4.78, 5) is 12.3. The number of benzene rings is 2. The maximum atomic E-state index is 12.6. The Labute approximate surface area is 164 Å². The van der Waals surface area contributed by atoms with E-state index in [0.717, 1.165) is 5.56 Å². The van der Waals surface area contributed by atoms with Gasteiger partial charge in [0.2, 0.25) is 15.9 Å². The highest BCUT2D eigenvalue weighted by molar-refractivity contribution is 7.89. The lowest BCUT2D eigenvalue weighted by Gasteiger charge is -2.26. The number of rotatable bonds is 6. The first-order valence-corrected chi connectivity index (χ1v) is 10.5. The summed E-state index contributed by atoms with van der Waals surface area (Å²) in [5, 5.41) is 3.42. The van der Waals surface area contributed by atoms with Gasteiger partial charge in [0.1, 0.15) is 0 Å². The quantitative estimate of drug-likeness (QED) is 0.797. The van der Waals surface area contributed by atoms with Crippen LogP contribution in [0.1, 0.15) is 12.0 Å². The van der Waals surface area contributed by atoms with E-state index in [1.54, 1.807) is 48.5 Å². The average Bonchev–Trinajstić information content (AvgIpc) is 2.69. The van der Waals surface area contributed by atoms with Crippen LogP contribution in [0.3, 0.4) is 0 Å². The summed E-state index contributed by atoms with van der Waals surface area (Å²) in [6, 6.07) is 13.6. The monoisotopic (exact) mass is 408 g/mol. The fourth-order valence-electron chi connectivity index (χ4n) is 2.78. The van der Waals surface area contributed by atoms with Crippen molar-refractivity contribution in [2.75, 3.05) is 31.6 Å². The molecule has 0 aromatic heterocycles. The van der Waals surface area contributed by atoms with Gasteiger partial charge >= 0.3 is 0 Å². The van der Waals surface area contributed by atoms with E-state index in [4.69, 9.17) is 16.3 Å². The number of morpholine rings is 1. The number of nitrogens with zero attached hydrogens (tertiary/aromatic N) is 1. The molecule has 1 aliphatic heterocycles. The van der Waals surface area contributed by atoms with Gasteiger partial charge in [0.25, 0.3) is 0 Å². The normalized spacial score (nSPS) is 15.4. The Morgan fingerprint density at radius 2 is 1.67 bits per heavy atom. The molecular weight excluding hydrogens is 388 g/mol. The van der Waals surface area contributed by atoms with Gasteiger partial charge in [-0.05, 0) is 48.4 Å². The third-order valence-corrected chi connectivity index (χ3v) is 6.46. The number of ether oxygens (including phenoxy) is 1. The fraction of sp³-hybridized carbons (Fsp3) is 0.316. The molecule has 6 nitrogen and oxygen atoms in total. The maximum Gasteiger partial charge on any atom is 0.243 e. The molecule has 0 bridgehead atoms. The SMILES string of the molecule is O=C(CCc1ccc(S(=O)(=O)N2CCOCC2)cc1)Nc1ccc(Cl)cc1. The number of nitrogens with one attached hydrogen (secondary N) is 1. The van der Waals surface area contributed by atoms with E-state index in [1.165, 1.54) is 4.31 Å². The Hall–Kier alpha value is -1.93. The highest BCUT2D eigenvalue weighted by Gasteiger charge is 2.26. The van der Waals surface area contributed by atoms with Crippen molar-refractivity contribution >= 4 is 33.2 Å². The van der Waals surface area contributed by atoms with Gasteiger partial charge < -0.3 is 10.1 Å². The summed E-state index contributed by atoms with van der Waals surface area (Å²) < 4.78 is 31.8. The summed E-state index contributed by atoms with van der Waals surface area (Å²) in [5.74, 6) is -0.109. The third-order valence-electron chi connectivity index (χ3n) is 4.30. The number of carbonyl (C=O) groups is 1. The Kier molecular flexibility index (Phi) is 6.49. The average molecular weight is 409 g/mol. The van der Waals surface area contributed by atoms with Crippen LogP contribution in [0, 0.1) is 0 Å². The van der Waals surface area contributed by atoms with Crippen LogP contribution in [0.4, 0.5) is 5.69 Å². The molecule has 0 saturated carbocycles. The molecule has 27 heavy (non-hydrogen) atoms. The second kappa shape index (κ2) is 8.84. The van der Waals surface area contributed by atoms with Crippen molar-refractivity contribution in [2.45, 2.75) is 17.7 Å². The first-order valence-electron chi connectivity index (χ1n) is 8.67. The van der Waals surface area contributed by atoms with Crippen LogP contribution in [-0.2, 0) is 26.0 Å². The molecule has 0 radical (unpaired) electrons. The molecule has 0 spiro atoms. The number of aryl methyl sites for hydroxylation is 1. The van der Waals surface area contributed by atoms with Gasteiger partial charge in [-0.3, -0.25) is 4.79 Å². The molecule has 0 unspecified atom stereocenters. The molecular formula is C19H21ClN2O4S. The van der Waals surface area contributed by atoms with Crippen molar-refractivity contribution in [3.63, 3.8) is 0 Å². The predicted octanol–water partition coefficient (Wildman–Crippen LogP) is 2.93. The van der Waals surface area contributed by atoms with Crippen molar-refractivity contribution in [1.29, 1.82) is 0 Å². The zero-order valence-corrected chi connectivity index (χ0v) is 16.3. The van der Waals surface area contributed by atoms with E-state index in [-0.39, 0.29) is 10.8 Å². The predicted molar refractivity (Wildman–Crippen MR) is 104 cm³/mol. The summed E-state index contributed by atoms with van der Waals surface area (Å²) in [6.07, 6.45) is 0.829. The zero-order chi connectivity index (χ0) is 19.3. The minimum absolute atomic E-state index is 0.109. The Bertz CT molecular complexity index is 877. The van der Waals surface area contributed by atoms with Gasteiger partial charge in [-0.2, -0.15) is 4.31 Å². The van der Waals surface area contributed by atoms with Gasteiger partial charge in [-0.1, -0.05) is 23.7 Å². The fourth-order valence-corrected chi connectivity index (χ4v) is 4.31. The van der Waals surface area contributed by atoms with E-state index >= 15 is 0 Å². The van der Waals surface area contributed by atoms with Crippen molar-refractivity contribution in [3.05, 3.63) is 59.1 Å². The van der Waals surface area contributed by atoms with E-state index in [2.05, 4.69) is 5.32 Å². The number of halogens is 1. The molecule has 0 atom stereocenters. The lowest BCUT2D eigenvalue weighted by molar-refractivity contribution is -0.116. The van der Waals surface area contributed by atoms with E-state index < -0.39 is 10.0 Å². The van der Waals surface area contributed by atoms with Crippen LogP contribution in [0.2, 0.25) is 5.02 Å². The molecule has 2 aromatic rings. The molecule has 8 heteroatoms. The summed E-state index contributed by atoms with van der Waals surface area (Å²) >= 11 is 5.82. The van der Waals surface area contributed by atoms with Crippen LogP contribution in [0.15, 0.2) is 53.4 Å². The van der Waals surface area contributed by atoms with Crippen LogP contribution < -0.4 is 5.32 Å². The maximum absolute atomic E-state index is 12.6. The topological polar surface area (TPSA) is 75.7 Å². The molecule has 0 aliphatic carbocycles. The number of carbonyl (C=O) groups excluding carboxylic acids is 1. The van der Waals surface area contributed by atoms with Crippen molar-refractivity contribution in [1.82, 2.24) is 4.31 Å². The van der Waals surface area contributed by atoms with Crippen LogP contribution >= 0.6 is 11.6 Å². The molecule has 1 N–H and O–H groups in total. The molecule has 1 aliphatic rings. The second-order valence-corrected chi connectivity index (χ2v) is 8.59. The summed E-state index contributed by atoms with van der Waals surface area (Å²) in [6.45, 7) is 1.57.